The number of pyridine rings is 1. The molecule has 0 aliphatic heterocycles. The molecule has 3 heterocycles. The molecule has 3 aromatic heterocycles. The van der Waals surface area contributed by atoms with Crippen LogP contribution in [-0.2, 0) is 0 Å². The molecule has 0 atom stereocenters. The zero-order valence-corrected chi connectivity index (χ0v) is 24.1. The second-order valence-electron chi connectivity index (χ2n) is 11.1. The minimum absolute atomic E-state index is 0.558. The monoisotopic (exact) mass is 576 g/mol. The molecule has 0 aliphatic rings. The highest BCUT2D eigenvalue weighted by molar-refractivity contribution is 6.10. The van der Waals surface area contributed by atoms with Crippen LogP contribution in [0.1, 0.15) is 0 Å². The molecule has 0 fully saturated rings. The lowest BCUT2D eigenvalue weighted by atomic mass is 10.00. The van der Waals surface area contributed by atoms with Crippen LogP contribution >= 0.6 is 0 Å². The fourth-order valence-electron chi connectivity index (χ4n) is 6.10. The Labute approximate surface area is 258 Å². The second-order valence-corrected chi connectivity index (χ2v) is 11.1. The van der Waals surface area contributed by atoms with Crippen LogP contribution in [0, 0.1) is 0 Å². The van der Waals surface area contributed by atoms with Crippen molar-refractivity contribution >= 4 is 43.6 Å². The Bertz CT molecular complexity index is 2550. The van der Waals surface area contributed by atoms with Gasteiger partial charge < -0.3 is 4.42 Å². The molecular weight excluding hydrogens is 552 g/mol. The van der Waals surface area contributed by atoms with Gasteiger partial charge in [-0.1, -0.05) is 115 Å². The van der Waals surface area contributed by atoms with E-state index in [2.05, 4.69) is 102 Å². The smallest absolute Gasteiger partial charge is 0.228 e. The molecule has 5 heteroatoms. The van der Waals surface area contributed by atoms with Crippen molar-refractivity contribution in [3.63, 3.8) is 0 Å². The van der Waals surface area contributed by atoms with Gasteiger partial charge in [-0.15, -0.1) is 0 Å². The summed E-state index contributed by atoms with van der Waals surface area (Å²) in [5, 5.41) is 6.61. The van der Waals surface area contributed by atoms with Gasteiger partial charge in [0.1, 0.15) is 5.58 Å². The van der Waals surface area contributed by atoms with Gasteiger partial charge in [0.05, 0.1) is 5.39 Å². The highest BCUT2D eigenvalue weighted by Gasteiger charge is 2.18. The lowest BCUT2D eigenvalue weighted by molar-refractivity contribution is 0.654. The lowest BCUT2D eigenvalue weighted by Gasteiger charge is -2.10. The Morgan fingerprint density at radius 3 is 1.73 bits per heavy atom. The normalized spacial score (nSPS) is 11.6. The molecule has 45 heavy (non-hydrogen) atoms. The van der Waals surface area contributed by atoms with E-state index in [1.807, 2.05) is 42.5 Å². The Hall–Kier alpha value is -6.20. The third-order valence-electron chi connectivity index (χ3n) is 8.39. The van der Waals surface area contributed by atoms with Gasteiger partial charge in [-0.3, -0.25) is 0 Å². The minimum atomic E-state index is 0.558. The van der Waals surface area contributed by atoms with Gasteiger partial charge in [-0.2, -0.15) is 0 Å². The Kier molecular flexibility index (Phi) is 5.74. The van der Waals surface area contributed by atoms with Gasteiger partial charge in [-0.25, -0.2) is 19.9 Å². The first-order valence-corrected chi connectivity index (χ1v) is 14.9. The molecule has 0 spiro atoms. The Morgan fingerprint density at radius 1 is 0.422 bits per heavy atom. The summed E-state index contributed by atoms with van der Waals surface area (Å²) in [7, 11) is 0. The van der Waals surface area contributed by atoms with Gasteiger partial charge in [0.25, 0.3) is 0 Å². The zero-order chi connectivity index (χ0) is 29.7. The van der Waals surface area contributed by atoms with Crippen LogP contribution in [-0.4, -0.2) is 19.9 Å². The first kappa shape index (κ1) is 25.3. The standard InChI is InChI=1S/C40H24N4O/c1-3-9-29-23-31(19-15-25(29)7-1)27-13-17-28(18-14-27)37-42-38(32-20-16-26-8-2-4-10-30(26)24-32)44-39(43-37)34-21-22-41-40-36(34)33-11-5-6-12-35(33)45-40/h1-24H. The van der Waals surface area contributed by atoms with E-state index in [1.165, 1.54) is 21.7 Å². The van der Waals surface area contributed by atoms with Crippen LogP contribution in [0.5, 0.6) is 0 Å². The third-order valence-corrected chi connectivity index (χ3v) is 8.39. The molecule has 0 saturated carbocycles. The molecular formula is C40H24N4O. The first-order chi connectivity index (χ1) is 22.3. The molecule has 0 unspecified atom stereocenters. The molecule has 5 nitrogen and oxygen atoms in total. The number of aromatic nitrogens is 4. The van der Waals surface area contributed by atoms with Crippen LogP contribution in [0.4, 0.5) is 0 Å². The highest BCUT2D eigenvalue weighted by atomic mass is 16.3. The number of para-hydroxylation sites is 1. The van der Waals surface area contributed by atoms with Gasteiger partial charge in [0, 0.05) is 28.3 Å². The summed E-state index contributed by atoms with van der Waals surface area (Å²) >= 11 is 0. The van der Waals surface area contributed by atoms with Crippen LogP contribution in [0.3, 0.4) is 0 Å². The maximum absolute atomic E-state index is 6.09. The van der Waals surface area contributed by atoms with Gasteiger partial charge in [0.2, 0.25) is 5.71 Å². The van der Waals surface area contributed by atoms with E-state index in [9.17, 15) is 0 Å². The summed E-state index contributed by atoms with van der Waals surface area (Å²) in [4.78, 5) is 19.6. The largest absolute Gasteiger partial charge is 0.438 e. The molecule has 6 aromatic carbocycles. The Balaban J connectivity index is 1.21. The summed E-state index contributed by atoms with van der Waals surface area (Å²) in [6.07, 6.45) is 1.75. The lowest BCUT2D eigenvalue weighted by Crippen LogP contribution is -2.00. The molecule has 0 radical (unpaired) electrons. The fraction of sp³-hybridized carbons (Fsp3) is 0. The average Bonchev–Trinajstić information content (AvgIpc) is 3.50. The number of furan rings is 1. The Morgan fingerprint density at radius 2 is 0.978 bits per heavy atom. The highest BCUT2D eigenvalue weighted by Crippen LogP contribution is 2.36. The van der Waals surface area contributed by atoms with Crippen molar-refractivity contribution in [3.05, 3.63) is 146 Å². The minimum Gasteiger partial charge on any atom is -0.438 e. The van der Waals surface area contributed by atoms with Crippen LogP contribution in [0.15, 0.2) is 150 Å². The SMILES string of the molecule is c1ccc2cc(-c3ccc(-c4nc(-c5ccc6ccccc6c5)nc(-c5ccnc6oc7ccccc7c56)n4)cc3)ccc2c1. The molecule has 0 N–H and O–H groups in total. The third kappa shape index (κ3) is 4.41. The van der Waals surface area contributed by atoms with Crippen LogP contribution < -0.4 is 0 Å². The second kappa shape index (κ2) is 10.2. The van der Waals surface area contributed by atoms with Gasteiger partial charge in [0.15, 0.2) is 17.5 Å². The predicted molar refractivity (Wildman–Crippen MR) is 182 cm³/mol. The summed E-state index contributed by atoms with van der Waals surface area (Å²) in [5.74, 6) is 1.78. The average molecular weight is 577 g/mol. The summed E-state index contributed by atoms with van der Waals surface area (Å²) < 4.78 is 6.09. The molecule has 0 aliphatic carbocycles. The molecule has 9 rings (SSSR count). The number of rotatable bonds is 4. The summed E-state index contributed by atoms with van der Waals surface area (Å²) in [6.45, 7) is 0. The summed E-state index contributed by atoms with van der Waals surface area (Å²) in [6, 6.07) is 48.0. The molecule has 0 bridgehead atoms. The van der Waals surface area contributed by atoms with Crippen molar-refractivity contribution in [3.8, 4) is 45.3 Å². The van der Waals surface area contributed by atoms with E-state index >= 15 is 0 Å². The maximum atomic E-state index is 6.09. The predicted octanol–water partition coefficient (Wildman–Crippen LogP) is 10.1. The van der Waals surface area contributed by atoms with E-state index < -0.39 is 0 Å². The first-order valence-electron chi connectivity index (χ1n) is 14.9. The van der Waals surface area contributed by atoms with Crippen molar-refractivity contribution in [1.82, 2.24) is 19.9 Å². The molecule has 210 valence electrons. The number of hydrogen-bond donors (Lipinski definition) is 0. The topological polar surface area (TPSA) is 64.7 Å². The van der Waals surface area contributed by atoms with Crippen molar-refractivity contribution in [2.75, 3.05) is 0 Å². The van der Waals surface area contributed by atoms with E-state index in [0.29, 0.717) is 23.2 Å². The maximum Gasteiger partial charge on any atom is 0.228 e. The molecule has 0 saturated heterocycles. The van der Waals surface area contributed by atoms with Crippen LogP contribution in [0.25, 0.3) is 88.9 Å². The molecule has 0 amide bonds. The van der Waals surface area contributed by atoms with Crippen LogP contribution in [0.2, 0.25) is 0 Å². The van der Waals surface area contributed by atoms with Crippen molar-refractivity contribution in [1.29, 1.82) is 0 Å². The van der Waals surface area contributed by atoms with E-state index in [-0.39, 0.29) is 0 Å². The number of benzene rings is 6. The molecule has 9 aromatic rings. The summed E-state index contributed by atoms with van der Waals surface area (Å²) in [5.41, 5.74) is 6.32. The van der Waals surface area contributed by atoms with E-state index in [4.69, 9.17) is 19.4 Å². The van der Waals surface area contributed by atoms with E-state index in [1.54, 1.807) is 6.20 Å². The quantitative estimate of drug-likeness (QED) is 0.209. The number of nitrogens with zero attached hydrogens (tertiary/aromatic N) is 4. The number of hydrogen-bond acceptors (Lipinski definition) is 5. The van der Waals surface area contributed by atoms with Crippen molar-refractivity contribution < 1.29 is 4.42 Å². The van der Waals surface area contributed by atoms with E-state index in [0.717, 1.165) is 44.0 Å². The van der Waals surface area contributed by atoms with Crippen molar-refractivity contribution in [2.45, 2.75) is 0 Å². The van der Waals surface area contributed by atoms with Gasteiger partial charge in [-0.05, 0) is 56.9 Å². The van der Waals surface area contributed by atoms with Crippen molar-refractivity contribution in [2.24, 2.45) is 0 Å². The fourth-order valence-corrected chi connectivity index (χ4v) is 6.10. The number of fused-ring (bicyclic) bond motifs is 5. The van der Waals surface area contributed by atoms with Gasteiger partial charge >= 0.3 is 0 Å². The zero-order valence-electron chi connectivity index (χ0n) is 24.1.